The molecule has 0 aromatic carbocycles. The monoisotopic (exact) mass is 464 g/mol. The number of likely N-dealkylation sites (tertiary alicyclic amines) is 1. The predicted molar refractivity (Wildman–Crippen MR) is 117 cm³/mol. The van der Waals surface area contributed by atoms with Gasteiger partial charge in [-0.2, -0.15) is 5.26 Å². The van der Waals surface area contributed by atoms with Crippen LogP contribution in [0.15, 0.2) is 36.9 Å². The summed E-state index contributed by atoms with van der Waals surface area (Å²) in [5.41, 5.74) is 2.66. The highest BCUT2D eigenvalue weighted by Crippen LogP contribution is 2.27. The summed E-state index contributed by atoms with van der Waals surface area (Å²) in [5, 5.41) is 11.9. The summed E-state index contributed by atoms with van der Waals surface area (Å²) < 4.78 is 7.21. The molecule has 166 valence electrons. The Morgan fingerprint density at radius 1 is 1.36 bits per heavy atom. The Kier molecular flexibility index (Phi) is 5.07. The predicted octanol–water partition coefficient (Wildman–Crippen LogP) is 2.38. The number of nitrogens with zero attached hydrogens (tertiary/aromatic N) is 6. The number of halogens is 1. The van der Waals surface area contributed by atoms with Crippen LogP contribution in [0.25, 0.3) is 28.2 Å². The maximum absolute atomic E-state index is 12.4. The lowest BCUT2D eigenvalue weighted by atomic mass is 10.0. The smallest absolute Gasteiger partial charge is 0.406 e. The van der Waals surface area contributed by atoms with Gasteiger partial charge in [0.05, 0.1) is 30.1 Å². The number of nitrogens with one attached hydrogen (secondary N) is 2. The molecule has 1 fully saturated rings. The van der Waals surface area contributed by atoms with Crippen molar-refractivity contribution in [3.63, 3.8) is 0 Å². The second-order valence-corrected chi connectivity index (χ2v) is 8.08. The van der Waals surface area contributed by atoms with Gasteiger partial charge in [0.15, 0.2) is 16.9 Å². The van der Waals surface area contributed by atoms with Gasteiger partial charge in [-0.1, -0.05) is 11.6 Å². The van der Waals surface area contributed by atoms with E-state index in [0.717, 1.165) is 0 Å². The normalized spacial score (nSPS) is 14.6. The number of hydrogen-bond acceptors (Lipinski definition) is 7. The molecule has 2 amide bonds. The fraction of sp³-hybridized carbons (Fsp3) is 0.238. The molecule has 0 saturated carbocycles. The van der Waals surface area contributed by atoms with Crippen LogP contribution in [0.1, 0.15) is 6.92 Å². The quantitative estimate of drug-likeness (QED) is 0.472. The maximum Gasteiger partial charge on any atom is 0.413 e. The lowest BCUT2D eigenvalue weighted by Crippen LogP contribution is -2.56. The Balaban J connectivity index is 1.33. The molecule has 11 nitrogen and oxygen atoms in total. The second-order valence-electron chi connectivity index (χ2n) is 7.65. The van der Waals surface area contributed by atoms with Gasteiger partial charge >= 0.3 is 6.09 Å². The first-order valence-corrected chi connectivity index (χ1v) is 10.4. The molecule has 12 heteroatoms. The first-order valence-electron chi connectivity index (χ1n) is 10.1. The van der Waals surface area contributed by atoms with E-state index in [4.69, 9.17) is 21.6 Å². The number of rotatable bonds is 4. The van der Waals surface area contributed by atoms with Crippen molar-refractivity contribution < 1.29 is 14.3 Å². The SMILES string of the molecule is C[C@@H](NC(=O)Oc1c[nH]c2ncc(-c3cnc4cc(Cl)ccn34)nc12)C(=O)N1CC(C#N)C1. The van der Waals surface area contributed by atoms with Crippen molar-refractivity contribution in [2.24, 2.45) is 5.92 Å². The third kappa shape index (κ3) is 3.81. The number of imidazole rings is 1. The summed E-state index contributed by atoms with van der Waals surface area (Å²) >= 11 is 6.03. The summed E-state index contributed by atoms with van der Waals surface area (Å²) in [5.74, 6) is -0.258. The van der Waals surface area contributed by atoms with Crippen LogP contribution >= 0.6 is 11.6 Å². The molecule has 2 N–H and O–H groups in total. The van der Waals surface area contributed by atoms with Gasteiger partial charge < -0.3 is 19.9 Å². The topological polar surface area (TPSA) is 141 Å². The average Bonchev–Trinajstić information content (AvgIpc) is 3.36. The zero-order valence-corrected chi connectivity index (χ0v) is 18.1. The average molecular weight is 465 g/mol. The van der Waals surface area contributed by atoms with Crippen molar-refractivity contribution in [2.75, 3.05) is 13.1 Å². The molecule has 0 bridgehead atoms. The van der Waals surface area contributed by atoms with Crippen LogP contribution in [-0.2, 0) is 4.79 Å². The molecule has 1 aliphatic rings. The number of aromatic nitrogens is 5. The standard InChI is InChI=1S/C21H17ClN8O3/c1-11(20(31)29-9-12(5-23)10-29)27-21(32)33-16-8-26-19-18(16)28-14(6-25-19)15-7-24-17-4-13(22)2-3-30(15)17/h2-4,6-8,11-12H,9-10H2,1H3,(H,25,26)(H,27,32)/t11-/m1/s1. The van der Waals surface area contributed by atoms with E-state index < -0.39 is 12.1 Å². The minimum Gasteiger partial charge on any atom is -0.406 e. The van der Waals surface area contributed by atoms with E-state index in [2.05, 4.69) is 31.3 Å². The molecule has 33 heavy (non-hydrogen) atoms. The zero-order valence-electron chi connectivity index (χ0n) is 17.3. The Morgan fingerprint density at radius 3 is 2.97 bits per heavy atom. The van der Waals surface area contributed by atoms with E-state index in [1.165, 1.54) is 11.1 Å². The van der Waals surface area contributed by atoms with Gasteiger partial charge in [-0.05, 0) is 13.0 Å². The lowest BCUT2D eigenvalue weighted by molar-refractivity contribution is -0.137. The van der Waals surface area contributed by atoms with Crippen molar-refractivity contribution >= 4 is 40.4 Å². The van der Waals surface area contributed by atoms with Crippen molar-refractivity contribution in [1.82, 2.24) is 34.6 Å². The third-order valence-corrected chi connectivity index (χ3v) is 5.60. The van der Waals surface area contributed by atoms with Crippen LogP contribution in [-0.4, -0.2) is 60.4 Å². The number of amides is 2. The number of aromatic amines is 1. The fourth-order valence-corrected chi connectivity index (χ4v) is 3.75. The van der Waals surface area contributed by atoms with E-state index >= 15 is 0 Å². The highest BCUT2D eigenvalue weighted by molar-refractivity contribution is 6.30. The molecule has 4 aromatic heterocycles. The fourth-order valence-electron chi connectivity index (χ4n) is 3.60. The van der Waals surface area contributed by atoms with Crippen LogP contribution in [0, 0.1) is 17.2 Å². The molecular weight excluding hydrogens is 448 g/mol. The van der Waals surface area contributed by atoms with Gasteiger partial charge in [-0.25, -0.2) is 19.7 Å². The van der Waals surface area contributed by atoms with E-state index in [1.807, 2.05) is 4.40 Å². The molecule has 0 spiro atoms. The Bertz CT molecular complexity index is 1430. The molecule has 1 atom stereocenters. The Labute approximate surface area is 192 Å². The number of nitriles is 1. The van der Waals surface area contributed by atoms with Crippen LogP contribution in [0.5, 0.6) is 5.75 Å². The van der Waals surface area contributed by atoms with Crippen LogP contribution < -0.4 is 10.1 Å². The van der Waals surface area contributed by atoms with E-state index in [-0.39, 0.29) is 17.6 Å². The summed E-state index contributed by atoms with van der Waals surface area (Å²) in [7, 11) is 0. The molecule has 4 aromatic rings. The van der Waals surface area contributed by atoms with Crippen LogP contribution in [0.2, 0.25) is 5.02 Å². The molecule has 0 unspecified atom stereocenters. The number of hydrogen-bond donors (Lipinski definition) is 2. The number of fused-ring (bicyclic) bond motifs is 2. The summed E-state index contributed by atoms with van der Waals surface area (Å²) in [4.78, 5) is 42.4. The number of carbonyl (C=O) groups is 2. The van der Waals surface area contributed by atoms with Crippen LogP contribution in [0.3, 0.4) is 0 Å². The summed E-state index contributed by atoms with van der Waals surface area (Å²) in [6, 6.07) is 4.78. The van der Waals surface area contributed by atoms with Crippen molar-refractivity contribution in [3.8, 4) is 23.2 Å². The maximum atomic E-state index is 12.4. The van der Waals surface area contributed by atoms with Crippen molar-refractivity contribution in [3.05, 3.63) is 41.9 Å². The number of H-pyrrole nitrogens is 1. The van der Waals surface area contributed by atoms with Gasteiger partial charge in [-0.15, -0.1) is 0 Å². The minimum absolute atomic E-state index is 0.156. The molecule has 0 aliphatic carbocycles. The van der Waals surface area contributed by atoms with Gasteiger partial charge in [0.1, 0.15) is 17.4 Å². The minimum atomic E-state index is -0.800. The van der Waals surface area contributed by atoms with Gasteiger partial charge in [0, 0.05) is 36.6 Å². The second kappa shape index (κ2) is 8.07. The van der Waals surface area contributed by atoms with E-state index in [9.17, 15) is 9.59 Å². The van der Waals surface area contributed by atoms with E-state index in [1.54, 1.807) is 37.6 Å². The molecule has 5 rings (SSSR count). The highest BCUT2D eigenvalue weighted by atomic mass is 35.5. The number of ether oxygens (including phenoxy) is 1. The Hall–Kier alpha value is -4.17. The van der Waals surface area contributed by atoms with Gasteiger partial charge in [-0.3, -0.25) is 9.20 Å². The number of pyridine rings is 1. The van der Waals surface area contributed by atoms with Crippen LogP contribution in [0.4, 0.5) is 4.79 Å². The molecular formula is C21H17ClN8O3. The molecule has 5 heterocycles. The van der Waals surface area contributed by atoms with E-state index in [0.29, 0.717) is 46.3 Å². The van der Waals surface area contributed by atoms with Gasteiger partial charge in [0.25, 0.3) is 0 Å². The lowest BCUT2D eigenvalue weighted by Gasteiger charge is -2.36. The summed E-state index contributed by atoms with van der Waals surface area (Å²) in [6.45, 7) is 2.30. The molecule has 1 saturated heterocycles. The van der Waals surface area contributed by atoms with Crippen molar-refractivity contribution in [1.29, 1.82) is 5.26 Å². The Morgan fingerprint density at radius 2 is 2.18 bits per heavy atom. The summed E-state index contributed by atoms with van der Waals surface area (Å²) in [6.07, 6.45) is 5.70. The zero-order chi connectivity index (χ0) is 23.1. The molecule has 1 aliphatic heterocycles. The largest absolute Gasteiger partial charge is 0.413 e. The van der Waals surface area contributed by atoms with Crippen molar-refractivity contribution in [2.45, 2.75) is 13.0 Å². The number of carbonyl (C=O) groups excluding carboxylic acids is 2. The third-order valence-electron chi connectivity index (χ3n) is 5.37. The first-order chi connectivity index (χ1) is 15.9. The highest BCUT2D eigenvalue weighted by Gasteiger charge is 2.33. The first kappa shape index (κ1) is 20.7. The van der Waals surface area contributed by atoms with Gasteiger partial charge in [0.2, 0.25) is 5.91 Å². The molecule has 0 radical (unpaired) electrons.